The Labute approximate surface area is 157 Å². The van der Waals surface area contributed by atoms with E-state index in [-0.39, 0.29) is 23.3 Å². The van der Waals surface area contributed by atoms with Crippen molar-refractivity contribution >= 4 is 40.9 Å². The monoisotopic (exact) mass is 376 g/mol. The third kappa shape index (κ3) is 6.80. The number of aryl methyl sites for hydroxylation is 1. The Kier molecular flexibility index (Phi) is 7.34. The molecule has 0 bridgehead atoms. The molecule has 0 aromatic heterocycles. The molecule has 0 unspecified atom stereocenters. The summed E-state index contributed by atoms with van der Waals surface area (Å²) >= 11 is 7.25. The molecule has 0 saturated heterocycles. The number of nitrogens with zero attached hydrogens (tertiary/aromatic N) is 1. The molecule has 0 aliphatic heterocycles. The standard InChI is InChI=1S/C19H21ClN2O2S/c1-14-6-8-17(9-7-14)21-18(23)12-25-13-19(24)22(2)11-15-4-3-5-16(20)10-15/h3-10H,11-13H2,1-2H3,(H,21,23). The Bertz CT molecular complexity index is 734. The second-order valence-corrected chi connectivity index (χ2v) is 7.21. The van der Waals surface area contributed by atoms with Crippen molar-refractivity contribution < 1.29 is 9.59 Å². The van der Waals surface area contributed by atoms with E-state index in [4.69, 9.17) is 11.6 Å². The van der Waals surface area contributed by atoms with E-state index in [2.05, 4.69) is 5.32 Å². The van der Waals surface area contributed by atoms with Crippen molar-refractivity contribution in [3.05, 3.63) is 64.7 Å². The molecular weight excluding hydrogens is 356 g/mol. The Hall–Kier alpha value is -1.98. The van der Waals surface area contributed by atoms with Gasteiger partial charge in [-0.05, 0) is 36.8 Å². The molecular formula is C19H21ClN2O2S. The summed E-state index contributed by atoms with van der Waals surface area (Å²) in [5.74, 6) is 0.371. The summed E-state index contributed by atoms with van der Waals surface area (Å²) in [6.07, 6.45) is 0. The van der Waals surface area contributed by atoms with Gasteiger partial charge in [0.1, 0.15) is 0 Å². The summed E-state index contributed by atoms with van der Waals surface area (Å²) in [7, 11) is 1.75. The number of benzene rings is 2. The Morgan fingerprint density at radius 3 is 2.52 bits per heavy atom. The van der Waals surface area contributed by atoms with Gasteiger partial charge in [-0.2, -0.15) is 0 Å². The van der Waals surface area contributed by atoms with Crippen LogP contribution in [0.15, 0.2) is 48.5 Å². The molecule has 0 aliphatic carbocycles. The van der Waals surface area contributed by atoms with Gasteiger partial charge < -0.3 is 10.2 Å². The molecule has 0 radical (unpaired) electrons. The smallest absolute Gasteiger partial charge is 0.234 e. The number of rotatable bonds is 7. The quantitative estimate of drug-likeness (QED) is 0.795. The van der Waals surface area contributed by atoms with Crippen LogP contribution in [-0.4, -0.2) is 35.3 Å². The number of nitrogens with one attached hydrogen (secondary N) is 1. The van der Waals surface area contributed by atoms with Crippen LogP contribution in [0, 0.1) is 6.92 Å². The van der Waals surface area contributed by atoms with E-state index in [1.54, 1.807) is 18.0 Å². The van der Waals surface area contributed by atoms with Gasteiger partial charge in [-0.3, -0.25) is 9.59 Å². The van der Waals surface area contributed by atoms with Gasteiger partial charge >= 0.3 is 0 Å². The van der Waals surface area contributed by atoms with Gasteiger partial charge in [-0.25, -0.2) is 0 Å². The number of anilines is 1. The fraction of sp³-hybridized carbons (Fsp3) is 0.263. The summed E-state index contributed by atoms with van der Waals surface area (Å²) in [6, 6.07) is 15.0. The first kappa shape index (κ1) is 19.3. The van der Waals surface area contributed by atoms with Crippen LogP contribution in [-0.2, 0) is 16.1 Å². The SMILES string of the molecule is Cc1ccc(NC(=O)CSCC(=O)N(C)Cc2cccc(Cl)c2)cc1. The molecule has 0 heterocycles. The van der Waals surface area contributed by atoms with Crippen LogP contribution in [0.4, 0.5) is 5.69 Å². The van der Waals surface area contributed by atoms with Crippen LogP contribution in [0.2, 0.25) is 5.02 Å². The zero-order chi connectivity index (χ0) is 18.2. The predicted octanol–water partition coefficient (Wildman–Crippen LogP) is 3.98. The molecule has 4 nitrogen and oxygen atoms in total. The molecule has 0 spiro atoms. The molecule has 132 valence electrons. The highest BCUT2D eigenvalue weighted by molar-refractivity contribution is 8.00. The highest BCUT2D eigenvalue weighted by Gasteiger charge is 2.11. The van der Waals surface area contributed by atoms with Gasteiger partial charge in [-0.1, -0.05) is 41.4 Å². The van der Waals surface area contributed by atoms with Crippen LogP contribution in [0.1, 0.15) is 11.1 Å². The largest absolute Gasteiger partial charge is 0.341 e. The minimum absolute atomic E-state index is 0.0203. The van der Waals surface area contributed by atoms with Crippen molar-refractivity contribution in [2.24, 2.45) is 0 Å². The van der Waals surface area contributed by atoms with E-state index in [9.17, 15) is 9.59 Å². The molecule has 0 atom stereocenters. The van der Waals surface area contributed by atoms with E-state index < -0.39 is 0 Å². The Morgan fingerprint density at radius 1 is 1.12 bits per heavy atom. The summed E-state index contributed by atoms with van der Waals surface area (Å²) in [5.41, 5.74) is 2.88. The normalized spacial score (nSPS) is 10.4. The molecule has 0 saturated carbocycles. The predicted molar refractivity (Wildman–Crippen MR) is 105 cm³/mol. The first-order valence-electron chi connectivity index (χ1n) is 7.87. The Balaban J connectivity index is 1.72. The maximum absolute atomic E-state index is 12.2. The van der Waals surface area contributed by atoms with Crippen molar-refractivity contribution in [1.29, 1.82) is 0 Å². The highest BCUT2D eigenvalue weighted by atomic mass is 35.5. The highest BCUT2D eigenvalue weighted by Crippen LogP contribution is 2.13. The van der Waals surface area contributed by atoms with E-state index in [1.807, 2.05) is 49.4 Å². The van der Waals surface area contributed by atoms with Crippen molar-refractivity contribution in [3.8, 4) is 0 Å². The number of carbonyl (C=O) groups excluding carboxylic acids is 2. The van der Waals surface area contributed by atoms with Crippen LogP contribution in [0.25, 0.3) is 0 Å². The van der Waals surface area contributed by atoms with E-state index >= 15 is 0 Å². The van der Waals surface area contributed by atoms with Gasteiger partial charge in [0.05, 0.1) is 11.5 Å². The van der Waals surface area contributed by atoms with Gasteiger partial charge in [0.25, 0.3) is 0 Å². The second kappa shape index (κ2) is 9.49. The van der Waals surface area contributed by atoms with E-state index in [1.165, 1.54) is 11.8 Å². The molecule has 0 fully saturated rings. The van der Waals surface area contributed by atoms with Crippen molar-refractivity contribution in [2.75, 3.05) is 23.9 Å². The second-order valence-electron chi connectivity index (χ2n) is 5.79. The number of amides is 2. The van der Waals surface area contributed by atoms with Crippen LogP contribution >= 0.6 is 23.4 Å². The molecule has 25 heavy (non-hydrogen) atoms. The summed E-state index contributed by atoms with van der Waals surface area (Å²) < 4.78 is 0. The molecule has 2 aromatic rings. The van der Waals surface area contributed by atoms with Gasteiger partial charge in [0, 0.05) is 24.3 Å². The first-order valence-corrected chi connectivity index (χ1v) is 9.40. The maximum atomic E-state index is 12.2. The van der Waals surface area contributed by atoms with E-state index in [0.717, 1.165) is 16.8 Å². The van der Waals surface area contributed by atoms with Crippen LogP contribution < -0.4 is 5.32 Å². The van der Waals surface area contributed by atoms with Gasteiger partial charge in [0.15, 0.2) is 0 Å². The fourth-order valence-electron chi connectivity index (χ4n) is 2.17. The number of hydrogen-bond acceptors (Lipinski definition) is 3. The molecule has 1 N–H and O–H groups in total. The van der Waals surface area contributed by atoms with Gasteiger partial charge in [0.2, 0.25) is 11.8 Å². The van der Waals surface area contributed by atoms with E-state index in [0.29, 0.717) is 11.6 Å². The fourth-order valence-corrected chi connectivity index (χ4v) is 3.14. The minimum atomic E-state index is -0.112. The van der Waals surface area contributed by atoms with Crippen molar-refractivity contribution in [3.63, 3.8) is 0 Å². The molecule has 6 heteroatoms. The first-order chi connectivity index (χ1) is 11.9. The maximum Gasteiger partial charge on any atom is 0.234 e. The number of halogens is 1. The Morgan fingerprint density at radius 2 is 1.84 bits per heavy atom. The number of carbonyl (C=O) groups is 2. The number of hydrogen-bond donors (Lipinski definition) is 1. The topological polar surface area (TPSA) is 49.4 Å². The third-order valence-electron chi connectivity index (χ3n) is 3.53. The molecule has 2 aromatic carbocycles. The lowest BCUT2D eigenvalue weighted by Crippen LogP contribution is -2.28. The number of thioether (sulfide) groups is 1. The zero-order valence-corrected chi connectivity index (χ0v) is 15.9. The molecule has 0 aliphatic rings. The summed E-state index contributed by atoms with van der Waals surface area (Å²) in [6.45, 7) is 2.49. The summed E-state index contributed by atoms with van der Waals surface area (Å²) in [4.78, 5) is 25.7. The lowest BCUT2D eigenvalue weighted by Gasteiger charge is -2.17. The van der Waals surface area contributed by atoms with Crippen LogP contribution in [0.3, 0.4) is 0 Å². The van der Waals surface area contributed by atoms with Crippen molar-refractivity contribution in [2.45, 2.75) is 13.5 Å². The van der Waals surface area contributed by atoms with Gasteiger partial charge in [-0.15, -0.1) is 11.8 Å². The molecule has 2 rings (SSSR count). The van der Waals surface area contributed by atoms with Crippen LogP contribution in [0.5, 0.6) is 0 Å². The molecule has 2 amide bonds. The average Bonchev–Trinajstić information content (AvgIpc) is 2.57. The summed E-state index contributed by atoms with van der Waals surface area (Å²) in [5, 5.41) is 3.47. The lowest BCUT2D eigenvalue weighted by molar-refractivity contribution is -0.127. The van der Waals surface area contributed by atoms with Crippen molar-refractivity contribution in [1.82, 2.24) is 4.90 Å². The minimum Gasteiger partial charge on any atom is -0.341 e. The lowest BCUT2D eigenvalue weighted by atomic mass is 10.2. The average molecular weight is 377 g/mol. The third-order valence-corrected chi connectivity index (χ3v) is 4.68. The zero-order valence-electron chi connectivity index (χ0n) is 14.3.